The number of amides is 2. The van der Waals surface area contributed by atoms with Crippen LogP contribution in [0.1, 0.15) is 33.1 Å². The van der Waals surface area contributed by atoms with E-state index in [1.165, 1.54) is 0 Å². The third-order valence-electron chi connectivity index (χ3n) is 5.36. The van der Waals surface area contributed by atoms with Gasteiger partial charge in [-0.1, -0.05) is 0 Å². The number of piperazine rings is 1. The van der Waals surface area contributed by atoms with Crippen LogP contribution in [0.5, 0.6) is 0 Å². The van der Waals surface area contributed by atoms with Gasteiger partial charge in [-0.2, -0.15) is 0 Å². The van der Waals surface area contributed by atoms with Crippen LogP contribution in [0.15, 0.2) is 4.99 Å². The molecule has 2 aliphatic rings. The average molecular weight is 381 g/mol. The first-order valence-electron chi connectivity index (χ1n) is 10.2. The number of guanidine groups is 1. The van der Waals surface area contributed by atoms with E-state index in [2.05, 4.69) is 20.1 Å². The van der Waals surface area contributed by atoms with Crippen LogP contribution >= 0.6 is 0 Å². The van der Waals surface area contributed by atoms with Crippen molar-refractivity contribution in [2.75, 3.05) is 66.5 Å². The number of hydrogen-bond donors (Lipinski definition) is 1. The molecule has 0 bridgehead atoms. The van der Waals surface area contributed by atoms with E-state index in [0.717, 1.165) is 64.6 Å². The Balaban J connectivity index is 1.85. The van der Waals surface area contributed by atoms with E-state index in [9.17, 15) is 9.59 Å². The highest BCUT2D eigenvalue weighted by atomic mass is 16.2. The van der Waals surface area contributed by atoms with E-state index in [0.29, 0.717) is 13.0 Å². The van der Waals surface area contributed by atoms with Gasteiger partial charge in [0.25, 0.3) is 0 Å². The smallest absolute Gasteiger partial charge is 0.239 e. The Morgan fingerprint density at radius 2 is 1.67 bits per heavy atom. The Hall–Kier alpha value is -1.83. The van der Waals surface area contributed by atoms with Crippen LogP contribution in [0.4, 0.5) is 0 Å². The Kier molecular flexibility index (Phi) is 8.34. The van der Waals surface area contributed by atoms with Crippen molar-refractivity contribution in [1.82, 2.24) is 24.9 Å². The number of carbonyl (C=O) groups is 2. The Labute approximate surface area is 163 Å². The van der Waals surface area contributed by atoms with Gasteiger partial charge >= 0.3 is 0 Å². The number of aliphatic imine (C=N–C) groups is 1. The van der Waals surface area contributed by atoms with E-state index in [4.69, 9.17) is 0 Å². The summed E-state index contributed by atoms with van der Waals surface area (Å²) in [7, 11) is 3.53. The minimum atomic E-state index is -0.0533. The number of likely N-dealkylation sites (tertiary alicyclic amines) is 1. The maximum Gasteiger partial charge on any atom is 0.239 e. The van der Waals surface area contributed by atoms with Crippen molar-refractivity contribution in [3.05, 3.63) is 0 Å². The molecule has 2 aliphatic heterocycles. The van der Waals surface area contributed by atoms with E-state index < -0.39 is 0 Å². The minimum Gasteiger partial charge on any atom is -0.357 e. The SMILES string of the molecule is CCNC(=NCCC(=O)N(C)C)N1CCN(C(C)C(=O)N2CCCC2)CC1. The van der Waals surface area contributed by atoms with Crippen molar-refractivity contribution >= 4 is 17.8 Å². The molecule has 154 valence electrons. The predicted molar refractivity (Wildman–Crippen MR) is 108 cm³/mol. The lowest BCUT2D eigenvalue weighted by Crippen LogP contribution is -2.57. The summed E-state index contributed by atoms with van der Waals surface area (Å²) in [6, 6.07) is -0.0533. The molecule has 1 N–H and O–H groups in total. The molecule has 2 saturated heterocycles. The van der Waals surface area contributed by atoms with Gasteiger partial charge in [0, 0.05) is 66.3 Å². The molecule has 2 rings (SSSR count). The van der Waals surface area contributed by atoms with Crippen molar-refractivity contribution in [3.63, 3.8) is 0 Å². The highest BCUT2D eigenvalue weighted by molar-refractivity contribution is 5.82. The molecule has 1 atom stereocenters. The zero-order valence-electron chi connectivity index (χ0n) is 17.4. The van der Waals surface area contributed by atoms with Crippen molar-refractivity contribution in [2.45, 2.75) is 39.2 Å². The fraction of sp³-hybridized carbons (Fsp3) is 0.842. The number of carbonyl (C=O) groups excluding carboxylic acids is 2. The van der Waals surface area contributed by atoms with Crippen LogP contribution in [-0.2, 0) is 9.59 Å². The molecular weight excluding hydrogens is 344 g/mol. The molecule has 0 saturated carbocycles. The second-order valence-electron chi connectivity index (χ2n) is 7.51. The molecule has 0 radical (unpaired) electrons. The number of nitrogens with zero attached hydrogens (tertiary/aromatic N) is 5. The molecule has 0 aromatic carbocycles. The molecule has 0 aromatic rings. The monoisotopic (exact) mass is 380 g/mol. The number of hydrogen-bond acceptors (Lipinski definition) is 4. The molecule has 2 amide bonds. The second kappa shape index (κ2) is 10.5. The summed E-state index contributed by atoms with van der Waals surface area (Å²) in [5, 5.41) is 3.32. The van der Waals surface area contributed by atoms with Crippen molar-refractivity contribution in [1.29, 1.82) is 0 Å². The summed E-state index contributed by atoms with van der Waals surface area (Å²) >= 11 is 0. The third-order valence-corrected chi connectivity index (χ3v) is 5.36. The van der Waals surface area contributed by atoms with Crippen LogP contribution in [0, 0.1) is 0 Å². The van der Waals surface area contributed by atoms with E-state index >= 15 is 0 Å². The number of nitrogens with one attached hydrogen (secondary N) is 1. The normalized spacial score (nSPS) is 19.9. The van der Waals surface area contributed by atoms with Gasteiger partial charge in [0.05, 0.1) is 12.6 Å². The lowest BCUT2D eigenvalue weighted by molar-refractivity contribution is -0.135. The number of rotatable bonds is 6. The van der Waals surface area contributed by atoms with E-state index in [1.807, 2.05) is 18.7 Å². The topological polar surface area (TPSA) is 71.5 Å². The molecule has 27 heavy (non-hydrogen) atoms. The highest BCUT2D eigenvalue weighted by Gasteiger charge is 2.30. The molecular formula is C19H36N6O2. The fourth-order valence-corrected chi connectivity index (χ4v) is 3.59. The first kappa shape index (κ1) is 21.5. The van der Waals surface area contributed by atoms with Crippen LogP contribution in [0.2, 0.25) is 0 Å². The van der Waals surface area contributed by atoms with Crippen molar-refractivity contribution < 1.29 is 9.59 Å². The third kappa shape index (κ3) is 6.09. The maximum absolute atomic E-state index is 12.6. The van der Waals surface area contributed by atoms with E-state index in [-0.39, 0.29) is 17.9 Å². The van der Waals surface area contributed by atoms with Crippen LogP contribution in [0.25, 0.3) is 0 Å². The van der Waals surface area contributed by atoms with Crippen molar-refractivity contribution in [3.8, 4) is 0 Å². The van der Waals surface area contributed by atoms with Gasteiger partial charge in [0.1, 0.15) is 0 Å². The quantitative estimate of drug-likeness (QED) is 0.521. The van der Waals surface area contributed by atoms with Gasteiger partial charge in [0.2, 0.25) is 11.8 Å². The Bertz CT molecular complexity index is 522. The zero-order chi connectivity index (χ0) is 19.8. The molecule has 2 fully saturated rings. The van der Waals surface area contributed by atoms with Gasteiger partial charge in [0.15, 0.2) is 5.96 Å². The molecule has 0 aliphatic carbocycles. The molecule has 8 heteroatoms. The first-order chi connectivity index (χ1) is 12.9. The largest absolute Gasteiger partial charge is 0.357 e. The summed E-state index contributed by atoms with van der Waals surface area (Å²) in [6.07, 6.45) is 2.68. The van der Waals surface area contributed by atoms with Crippen LogP contribution in [0.3, 0.4) is 0 Å². The first-order valence-corrected chi connectivity index (χ1v) is 10.2. The van der Waals surface area contributed by atoms with Gasteiger partial charge in [-0.25, -0.2) is 0 Å². The van der Waals surface area contributed by atoms with E-state index in [1.54, 1.807) is 19.0 Å². The zero-order valence-corrected chi connectivity index (χ0v) is 17.4. The second-order valence-corrected chi connectivity index (χ2v) is 7.51. The summed E-state index contributed by atoms with van der Waals surface area (Å²) in [5.74, 6) is 1.22. The van der Waals surface area contributed by atoms with Gasteiger partial charge in [-0.05, 0) is 26.7 Å². The summed E-state index contributed by atoms with van der Waals surface area (Å²) in [4.78, 5) is 37.1. The molecule has 8 nitrogen and oxygen atoms in total. The lowest BCUT2D eigenvalue weighted by atomic mass is 10.2. The van der Waals surface area contributed by atoms with Crippen LogP contribution in [-0.4, -0.2) is 110 Å². The summed E-state index contributed by atoms with van der Waals surface area (Å²) in [5.41, 5.74) is 0. The lowest BCUT2D eigenvalue weighted by Gasteiger charge is -2.39. The Morgan fingerprint density at radius 1 is 1.04 bits per heavy atom. The highest BCUT2D eigenvalue weighted by Crippen LogP contribution is 2.14. The predicted octanol–water partition coefficient (Wildman–Crippen LogP) is 0.0587. The standard InChI is InChI=1S/C19H36N6O2/c1-5-20-19(21-9-8-17(26)22(3)4)25-14-12-23(13-15-25)16(2)18(27)24-10-6-7-11-24/h16H,5-15H2,1-4H3,(H,20,21). The minimum absolute atomic E-state index is 0.0533. The van der Waals surface area contributed by atoms with Gasteiger partial charge < -0.3 is 20.0 Å². The summed E-state index contributed by atoms with van der Waals surface area (Å²) < 4.78 is 0. The molecule has 2 heterocycles. The van der Waals surface area contributed by atoms with Crippen molar-refractivity contribution in [2.24, 2.45) is 4.99 Å². The van der Waals surface area contributed by atoms with Gasteiger partial charge in [-0.15, -0.1) is 0 Å². The average Bonchev–Trinajstić information content (AvgIpc) is 3.21. The molecule has 1 unspecified atom stereocenters. The molecule has 0 spiro atoms. The van der Waals surface area contributed by atoms with Crippen LogP contribution < -0.4 is 5.32 Å². The Morgan fingerprint density at radius 3 is 2.22 bits per heavy atom. The summed E-state index contributed by atoms with van der Waals surface area (Å²) in [6.45, 7) is 10.6. The fourth-order valence-electron chi connectivity index (χ4n) is 3.59. The van der Waals surface area contributed by atoms with Gasteiger partial charge in [-0.3, -0.25) is 19.5 Å². The maximum atomic E-state index is 12.6. The molecule has 0 aromatic heterocycles.